The lowest BCUT2D eigenvalue weighted by atomic mass is 10.0. The first-order chi connectivity index (χ1) is 22.7. The van der Waals surface area contributed by atoms with Gasteiger partial charge in [0.2, 0.25) is 5.91 Å². The van der Waals surface area contributed by atoms with Crippen molar-refractivity contribution in [2.75, 3.05) is 5.75 Å². The van der Waals surface area contributed by atoms with Crippen LogP contribution in [0.1, 0.15) is 194 Å². The molecule has 0 spiro atoms. The maximum absolute atomic E-state index is 12.5. The average molecular weight is 686 g/mol. The Morgan fingerprint density at radius 3 is 1.40 bits per heavy atom. The van der Waals surface area contributed by atoms with Gasteiger partial charge in [0.05, 0.1) is 17.9 Å². The van der Waals surface area contributed by atoms with E-state index in [0.29, 0.717) is 6.42 Å². The number of hydrogen-bond acceptors (Lipinski definition) is 5. The summed E-state index contributed by atoms with van der Waals surface area (Å²) < 4.78 is 32.4. The summed E-state index contributed by atoms with van der Waals surface area (Å²) in [5.74, 6) is -1.55. The second kappa shape index (κ2) is 33.3. The number of nitrogens with one attached hydrogen (secondary N) is 1. The molecule has 0 aliphatic heterocycles. The van der Waals surface area contributed by atoms with Crippen molar-refractivity contribution in [2.24, 2.45) is 0 Å². The molecule has 47 heavy (non-hydrogen) atoms. The van der Waals surface area contributed by atoms with Gasteiger partial charge < -0.3 is 15.5 Å². The van der Waals surface area contributed by atoms with E-state index < -0.39 is 40.0 Å². The summed E-state index contributed by atoms with van der Waals surface area (Å²) in [6.07, 6.45) is 38.3. The first-order valence-corrected chi connectivity index (χ1v) is 21.3. The largest absolute Gasteiger partial charge is 0.387 e. The summed E-state index contributed by atoms with van der Waals surface area (Å²) >= 11 is 0. The molecule has 0 aromatic carbocycles. The van der Waals surface area contributed by atoms with E-state index in [0.717, 1.165) is 44.9 Å². The van der Waals surface area contributed by atoms with Gasteiger partial charge in [-0.3, -0.25) is 9.35 Å². The van der Waals surface area contributed by atoms with Crippen molar-refractivity contribution in [3.05, 3.63) is 24.3 Å². The van der Waals surface area contributed by atoms with Gasteiger partial charge in [-0.25, -0.2) is 0 Å². The van der Waals surface area contributed by atoms with Crippen molar-refractivity contribution in [1.82, 2.24) is 5.32 Å². The summed E-state index contributed by atoms with van der Waals surface area (Å²) in [6, 6.07) is -1.23. The van der Waals surface area contributed by atoms with E-state index in [1.54, 1.807) is 6.08 Å². The second-order valence-corrected chi connectivity index (χ2v) is 15.2. The average Bonchev–Trinajstić information content (AvgIpc) is 3.03. The fourth-order valence-electron chi connectivity index (χ4n) is 5.91. The Kier molecular flexibility index (Phi) is 32.4. The summed E-state index contributed by atoms with van der Waals surface area (Å²) in [5, 5.41) is 23.2. The molecule has 8 heteroatoms. The molecule has 0 saturated carbocycles. The third kappa shape index (κ3) is 33.1. The van der Waals surface area contributed by atoms with E-state index in [2.05, 4.69) is 31.3 Å². The Bertz CT molecular complexity index is 860. The van der Waals surface area contributed by atoms with Crippen LogP contribution in [0.3, 0.4) is 0 Å². The molecular weight excluding hydrogens is 610 g/mol. The molecule has 0 aromatic heterocycles. The fourth-order valence-corrected chi connectivity index (χ4v) is 6.64. The molecule has 4 N–H and O–H groups in total. The first-order valence-electron chi connectivity index (χ1n) is 19.6. The Hall–Kier alpha value is -1.22. The molecule has 1 amide bonds. The van der Waals surface area contributed by atoms with Crippen LogP contribution < -0.4 is 5.32 Å². The van der Waals surface area contributed by atoms with Crippen LogP contribution in [0, 0.1) is 0 Å². The molecule has 0 aromatic rings. The molecule has 0 aliphatic rings. The third-order valence-electron chi connectivity index (χ3n) is 8.98. The first kappa shape index (κ1) is 45.8. The summed E-state index contributed by atoms with van der Waals surface area (Å²) in [4.78, 5) is 12.5. The molecule has 0 radical (unpaired) electrons. The molecule has 0 bridgehead atoms. The van der Waals surface area contributed by atoms with Crippen LogP contribution >= 0.6 is 0 Å². The third-order valence-corrected chi connectivity index (χ3v) is 9.76. The minimum Gasteiger partial charge on any atom is -0.387 e. The number of allylic oxidation sites excluding steroid dienone is 3. The molecule has 0 rings (SSSR count). The predicted octanol–water partition coefficient (Wildman–Crippen LogP) is 10.2. The number of rotatable bonds is 35. The predicted molar refractivity (Wildman–Crippen MR) is 199 cm³/mol. The van der Waals surface area contributed by atoms with Crippen molar-refractivity contribution in [3.63, 3.8) is 0 Å². The molecule has 0 saturated heterocycles. The van der Waals surface area contributed by atoms with Crippen LogP contribution in [-0.4, -0.2) is 53.1 Å². The van der Waals surface area contributed by atoms with Crippen LogP contribution in [0.5, 0.6) is 0 Å². The van der Waals surface area contributed by atoms with E-state index >= 15 is 0 Å². The van der Waals surface area contributed by atoms with Gasteiger partial charge in [-0.05, 0) is 38.5 Å². The lowest BCUT2D eigenvalue weighted by Gasteiger charge is -2.22. The van der Waals surface area contributed by atoms with Crippen molar-refractivity contribution in [2.45, 2.75) is 212 Å². The van der Waals surface area contributed by atoms with Gasteiger partial charge in [0, 0.05) is 0 Å². The van der Waals surface area contributed by atoms with Crippen LogP contribution in [0.25, 0.3) is 0 Å². The Balaban J connectivity index is 3.98. The number of aliphatic hydroxyl groups is 2. The molecule has 0 fully saturated rings. The molecule has 278 valence electrons. The highest BCUT2D eigenvalue weighted by molar-refractivity contribution is 7.85. The van der Waals surface area contributed by atoms with Crippen LogP contribution in [-0.2, 0) is 14.9 Å². The van der Waals surface area contributed by atoms with Gasteiger partial charge in [-0.2, -0.15) is 8.42 Å². The summed E-state index contributed by atoms with van der Waals surface area (Å²) in [7, 11) is -4.44. The standard InChI is InChI=1S/C39H75NO6S/c1-3-5-7-9-11-13-14-15-16-17-18-19-20-21-22-23-24-26-27-29-31-33-37(41)36(35-47(44,45)46)40-39(43)38(42)34-32-30-28-25-12-10-8-6-4-2/h10,12,31,33,36-38,41-42H,3-9,11,13-30,32,34-35H2,1-2H3,(H,40,43)(H,44,45,46)/b12-10-,33-31+. The van der Waals surface area contributed by atoms with E-state index in [-0.39, 0.29) is 6.42 Å². The lowest BCUT2D eigenvalue weighted by Crippen LogP contribution is -2.50. The highest BCUT2D eigenvalue weighted by atomic mass is 32.2. The van der Waals surface area contributed by atoms with Gasteiger partial charge in [0.25, 0.3) is 10.1 Å². The zero-order chi connectivity index (χ0) is 34.9. The van der Waals surface area contributed by atoms with Crippen LogP contribution in [0.15, 0.2) is 24.3 Å². The molecule has 3 unspecified atom stereocenters. The highest BCUT2D eigenvalue weighted by Crippen LogP contribution is 2.15. The molecule has 0 aliphatic carbocycles. The number of amides is 1. The molecular formula is C39H75NO6S. The number of unbranched alkanes of at least 4 members (excludes halogenated alkanes) is 24. The summed E-state index contributed by atoms with van der Waals surface area (Å²) in [6.45, 7) is 4.44. The van der Waals surface area contributed by atoms with Crippen molar-refractivity contribution in [3.8, 4) is 0 Å². The maximum Gasteiger partial charge on any atom is 0.267 e. The van der Waals surface area contributed by atoms with E-state index in [4.69, 9.17) is 0 Å². The van der Waals surface area contributed by atoms with E-state index in [1.165, 1.54) is 128 Å². The minimum absolute atomic E-state index is 0.259. The monoisotopic (exact) mass is 686 g/mol. The van der Waals surface area contributed by atoms with Gasteiger partial charge in [-0.15, -0.1) is 0 Å². The van der Waals surface area contributed by atoms with Gasteiger partial charge in [0.1, 0.15) is 6.10 Å². The van der Waals surface area contributed by atoms with Gasteiger partial charge >= 0.3 is 0 Å². The SMILES string of the molecule is CCCC/C=C\CCCCCC(O)C(=O)NC(CS(=O)(=O)O)C(O)/C=C/CCCCCCCCCCCCCCCCCCCCC. The van der Waals surface area contributed by atoms with Gasteiger partial charge in [0.15, 0.2) is 0 Å². The quantitative estimate of drug-likeness (QED) is 0.0299. The summed E-state index contributed by atoms with van der Waals surface area (Å²) in [5.41, 5.74) is 0. The normalized spacial score (nSPS) is 14.2. The topological polar surface area (TPSA) is 124 Å². The Labute approximate surface area is 290 Å². The Morgan fingerprint density at radius 1 is 0.574 bits per heavy atom. The smallest absolute Gasteiger partial charge is 0.267 e. The van der Waals surface area contributed by atoms with Crippen molar-refractivity contribution in [1.29, 1.82) is 0 Å². The highest BCUT2D eigenvalue weighted by Gasteiger charge is 2.27. The van der Waals surface area contributed by atoms with Gasteiger partial charge in [-0.1, -0.05) is 179 Å². The van der Waals surface area contributed by atoms with Crippen LogP contribution in [0.2, 0.25) is 0 Å². The number of aliphatic hydroxyl groups excluding tert-OH is 2. The van der Waals surface area contributed by atoms with E-state index in [9.17, 15) is 28.0 Å². The second-order valence-electron chi connectivity index (χ2n) is 13.7. The lowest BCUT2D eigenvalue weighted by molar-refractivity contribution is -0.130. The number of carbonyl (C=O) groups excluding carboxylic acids is 1. The minimum atomic E-state index is -4.44. The zero-order valence-corrected chi connectivity index (χ0v) is 31.3. The number of carbonyl (C=O) groups is 1. The number of hydrogen-bond donors (Lipinski definition) is 4. The van der Waals surface area contributed by atoms with Crippen LogP contribution in [0.4, 0.5) is 0 Å². The van der Waals surface area contributed by atoms with E-state index in [1.807, 2.05) is 0 Å². The fraction of sp³-hybridized carbons (Fsp3) is 0.872. The van der Waals surface area contributed by atoms with Crippen molar-refractivity contribution < 1.29 is 28.0 Å². The Morgan fingerprint density at radius 2 is 0.957 bits per heavy atom. The molecule has 7 nitrogen and oxygen atoms in total. The maximum atomic E-state index is 12.5. The molecule has 3 atom stereocenters. The van der Waals surface area contributed by atoms with Crippen molar-refractivity contribution >= 4 is 16.0 Å². The zero-order valence-electron chi connectivity index (χ0n) is 30.5. The molecule has 0 heterocycles.